The number of allylic oxidation sites excluding steroid dienone is 1. The first kappa shape index (κ1) is 26.2. The molecule has 1 atom stereocenters. The number of alkyl carbamates (subject to hydrolysis) is 1. The fourth-order valence-corrected chi connectivity index (χ4v) is 3.50. The van der Waals surface area contributed by atoms with Crippen LogP contribution in [-0.2, 0) is 27.3 Å². The molecule has 33 heavy (non-hydrogen) atoms. The number of carbonyl (C=O) groups is 2. The molecule has 0 bridgehead atoms. The van der Waals surface area contributed by atoms with Crippen molar-refractivity contribution in [2.75, 3.05) is 6.61 Å². The van der Waals surface area contributed by atoms with E-state index in [2.05, 4.69) is 11.9 Å². The molecule has 2 rings (SSSR count). The summed E-state index contributed by atoms with van der Waals surface area (Å²) < 4.78 is 10.8. The average Bonchev–Trinajstić information content (AvgIpc) is 2.84. The molecule has 0 aromatic heterocycles. The zero-order valence-corrected chi connectivity index (χ0v) is 19.5. The van der Waals surface area contributed by atoms with Gasteiger partial charge >= 0.3 is 12.1 Å². The van der Waals surface area contributed by atoms with Gasteiger partial charge in [-0.05, 0) is 30.4 Å². The molecule has 0 fully saturated rings. The highest BCUT2D eigenvalue weighted by atomic mass is 16.6. The maximum absolute atomic E-state index is 12.7. The summed E-state index contributed by atoms with van der Waals surface area (Å²) in [6, 6.07) is 18.2. The summed E-state index contributed by atoms with van der Waals surface area (Å²) in [6.45, 7) is 4.25. The van der Waals surface area contributed by atoms with Gasteiger partial charge in [0.15, 0.2) is 0 Å². The van der Waals surface area contributed by atoms with Crippen molar-refractivity contribution in [3.05, 3.63) is 84.4 Å². The average molecular weight is 452 g/mol. The van der Waals surface area contributed by atoms with E-state index in [1.54, 1.807) is 0 Å². The Hall–Kier alpha value is -3.08. The van der Waals surface area contributed by atoms with E-state index in [0.29, 0.717) is 13.0 Å². The van der Waals surface area contributed by atoms with Crippen molar-refractivity contribution >= 4 is 12.1 Å². The fraction of sp³-hybridized carbons (Fsp3) is 0.429. The lowest BCUT2D eigenvalue weighted by molar-refractivity contribution is -0.146. The van der Waals surface area contributed by atoms with E-state index in [-0.39, 0.29) is 6.61 Å². The first-order chi connectivity index (χ1) is 16.2. The molecule has 1 N–H and O–H groups in total. The van der Waals surface area contributed by atoms with Crippen LogP contribution in [0.5, 0.6) is 0 Å². The Balaban J connectivity index is 1.74. The quantitative estimate of drug-likeness (QED) is 0.183. The van der Waals surface area contributed by atoms with Crippen LogP contribution in [0.15, 0.2) is 73.3 Å². The SMILES string of the molecule is C=CCCCCCCCCCOC(=O)[C@H](Cc1ccccc1)NC(=O)OCc1ccccc1. The standard InChI is InChI=1S/C28H37NO4/c1-2-3-4-5-6-7-8-9-16-21-32-27(30)26(22-24-17-12-10-13-18-24)29-28(31)33-23-25-19-14-11-15-20-25/h2,10-15,17-20,26H,1,3-9,16,21-23H2,(H,29,31)/t26-/m0/s1. The van der Waals surface area contributed by atoms with Crippen LogP contribution in [0.3, 0.4) is 0 Å². The first-order valence-electron chi connectivity index (χ1n) is 12.0. The highest BCUT2D eigenvalue weighted by molar-refractivity contribution is 5.81. The number of unbranched alkanes of at least 4 members (excludes halogenated alkanes) is 7. The van der Waals surface area contributed by atoms with Crippen LogP contribution in [0.1, 0.15) is 62.5 Å². The predicted molar refractivity (Wildman–Crippen MR) is 132 cm³/mol. The van der Waals surface area contributed by atoms with Crippen molar-refractivity contribution in [2.24, 2.45) is 0 Å². The zero-order valence-electron chi connectivity index (χ0n) is 19.5. The molecule has 0 saturated carbocycles. The van der Waals surface area contributed by atoms with Crippen LogP contribution in [0.2, 0.25) is 0 Å². The largest absolute Gasteiger partial charge is 0.464 e. The number of nitrogens with one attached hydrogen (secondary N) is 1. The van der Waals surface area contributed by atoms with E-state index >= 15 is 0 Å². The lowest BCUT2D eigenvalue weighted by atomic mass is 10.1. The van der Waals surface area contributed by atoms with Gasteiger partial charge in [-0.1, -0.05) is 98.8 Å². The minimum Gasteiger partial charge on any atom is -0.464 e. The van der Waals surface area contributed by atoms with Crippen molar-refractivity contribution in [1.82, 2.24) is 5.32 Å². The number of benzene rings is 2. The third-order valence-corrected chi connectivity index (χ3v) is 5.37. The topological polar surface area (TPSA) is 64.6 Å². The molecular formula is C28H37NO4. The Morgan fingerprint density at radius 2 is 1.36 bits per heavy atom. The number of rotatable bonds is 16. The number of amides is 1. The van der Waals surface area contributed by atoms with Crippen LogP contribution in [0, 0.1) is 0 Å². The van der Waals surface area contributed by atoms with Crippen molar-refractivity contribution in [3.63, 3.8) is 0 Å². The molecule has 0 radical (unpaired) electrons. The van der Waals surface area contributed by atoms with Gasteiger partial charge in [0, 0.05) is 6.42 Å². The summed E-state index contributed by atoms with van der Waals surface area (Å²) in [5, 5.41) is 2.68. The van der Waals surface area contributed by atoms with Gasteiger partial charge in [-0.25, -0.2) is 9.59 Å². The highest BCUT2D eigenvalue weighted by Crippen LogP contribution is 2.10. The Morgan fingerprint density at radius 3 is 2.00 bits per heavy atom. The first-order valence-corrected chi connectivity index (χ1v) is 12.0. The van der Waals surface area contributed by atoms with Crippen molar-refractivity contribution < 1.29 is 19.1 Å². The molecule has 0 aliphatic heterocycles. The van der Waals surface area contributed by atoms with Gasteiger partial charge in [0.1, 0.15) is 12.6 Å². The Labute approximate surface area is 198 Å². The minimum absolute atomic E-state index is 0.146. The normalized spacial score (nSPS) is 11.4. The van der Waals surface area contributed by atoms with Gasteiger partial charge in [0.2, 0.25) is 0 Å². The zero-order chi connectivity index (χ0) is 23.6. The molecule has 1 amide bonds. The maximum atomic E-state index is 12.7. The molecule has 0 aliphatic rings. The minimum atomic E-state index is -0.791. The molecule has 178 valence electrons. The molecule has 5 heteroatoms. The number of carbonyl (C=O) groups excluding carboxylic acids is 2. The van der Waals surface area contributed by atoms with E-state index in [1.165, 1.54) is 25.7 Å². The fourth-order valence-electron chi connectivity index (χ4n) is 3.50. The summed E-state index contributed by atoms with van der Waals surface area (Å²) in [6.07, 6.45) is 10.7. The van der Waals surface area contributed by atoms with Gasteiger partial charge in [0.25, 0.3) is 0 Å². The van der Waals surface area contributed by atoms with Crippen molar-refractivity contribution in [2.45, 2.75) is 70.4 Å². The van der Waals surface area contributed by atoms with Crippen LogP contribution in [0.25, 0.3) is 0 Å². The molecule has 2 aromatic rings. The highest BCUT2D eigenvalue weighted by Gasteiger charge is 2.23. The van der Waals surface area contributed by atoms with Crippen LogP contribution in [0.4, 0.5) is 4.79 Å². The Bertz CT molecular complexity index is 807. The van der Waals surface area contributed by atoms with Crippen LogP contribution < -0.4 is 5.32 Å². The van der Waals surface area contributed by atoms with Gasteiger partial charge in [-0.3, -0.25) is 0 Å². The van der Waals surface area contributed by atoms with E-state index < -0.39 is 18.1 Å². The molecule has 0 spiro atoms. The van der Waals surface area contributed by atoms with E-state index in [4.69, 9.17) is 9.47 Å². The molecule has 5 nitrogen and oxygen atoms in total. The smallest absolute Gasteiger partial charge is 0.408 e. The second-order valence-corrected chi connectivity index (χ2v) is 8.17. The summed E-state index contributed by atoms with van der Waals surface area (Å²) in [5.74, 6) is -0.431. The second-order valence-electron chi connectivity index (χ2n) is 8.17. The Morgan fingerprint density at radius 1 is 0.788 bits per heavy atom. The molecule has 0 saturated heterocycles. The number of hydrogen-bond acceptors (Lipinski definition) is 4. The lowest BCUT2D eigenvalue weighted by Gasteiger charge is -2.18. The summed E-state index contributed by atoms with van der Waals surface area (Å²) in [7, 11) is 0. The van der Waals surface area contributed by atoms with Crippen molar-refractivity contribution in [1.29, 1.82) is 0 Å². The molecule has 0 heterocycles. The molecule has 0 aliphatic carbocycles. The number of ether oxygens (including phenoxy) is 2. The third-order valence-electron chi connectivity index (χ3n) is 5.37. The summed E-state index contributed by atoms with van der Waals surface area (Å²) in [5.41, 5.74) is 1.83. The number of esters is 1. The van der Waals surface area contributed by atoms with Gasteiger partial charge < -0.3 is 14.8 Å². The van der Waals surface area contributed by atoms with Crippen LogP contribution in [-0.4, -0.2) is 24.7 Å². The summed E-state index contributed by atoms with van der Waals surface area (Å²) in [4.78, 5) is 25.0. The molecule has 0 unspecified atom stereocenters. The van der Waals surface area contributed by atoms with Crippen LogP contribution >= 0.6 is 0 Å². The van der Waals surface area contributed by atoms with E-state index in [0.717, 1.165) is 36.8 Å². The van der Waals surface area contributed by atoms with Gasteiger partial charge in [-0.2, -0.15) is 0 Å². The third kappa shape index (κ3) is 11.9. The van der Waals surface area contributed by atoms with Gasteiger partial charge in [0.05, 0.1) is 6.61 Å². The maximum Gasteiger partial charge on any atom is 0.408 e. The monoisotopic (exact) mass is 451 g/mol. The summed E-state index contributed by atoms with van der Waals surface area (Å²) >= 11 is 0. The van der Waals surface area contributed by atoms with Crippen molar-refractivity contribution in [3.8, 4) is 0 Å². The Kier molecular flexibility index (Phi) is 13.1. The molecular weight excluding hydrogens is 414 g/mol. The van der Waals surface area contributed by atoms with Gasteiger partial charge in [-0.15, -0.1) is 6.58 Å². The molecule has 2 aromatic carbocycles. The number of hydrogen-bond donors (Lipinski definition) is 1. The second kappa shape index (κ2) is 16.5. The lowest BCUT2D eigenvalue weighted by Crippen LogP contribution is -2.43. The van der Waals surface area contributed by atoms with E-state index in [9.17, 15) is 9.59 Å². The van der Waals surface area contributed by atoms with E-state index in [1.807, 2.05) is 66.7 Å². The predicted octanol–water partition coefficient (Wildman–Crippen LogP) is 6.37.